The zero-order valence-electron chi connectivity index (χ0n) is 16.6. The minimum absolute atomic E-state index is 0.0231. The lowest BCUT2D eigenvalue weighted by Crippen LogP contribution is -2.49. The topological polar surface area (TPSA) is 71.1 Å². The third-order valence-electron chi connectivity index (χ3n) is 4.49. The maximum absolute atomic E-state index is 12.7. The van der Waals surface area contributed by atoms with Crippen LogP contribution >= 0.6 is 11.3 Å². The number of hydrogen-bond acceptors (Lipinski definition) is 4. The van der Waals surface area contributed by atoms with Crippen LogP contribution in [0.25, 0.3) is 10.6 Å². The van der Waals surface area contributed by atoms with E-state index in [1.165, 1.54) is 0 Å². The lowest BCUT2D eigenvalue weighted by molar-refractivity contribution is -0.129. The number of hydrogen-bond donors (Lipinski definition) is 2. The van der Waals surface area contributed by atoms with Gasteiger partial charge in [-0.3, -0.25) is 9.59 Å². The van der Waals surface area contributed by atoms with Gasteiger partial charge in [0.25, 0.3) is 0 Å². The molecule has 5 nitrogen and oxygen atoms in total. The maximum atomic E-state index is 12.7. The molecule has 0 saturated carbocycles. The number of nitrogens with one attached hydrogen (secondary N) is 2. The molecule has 0 radical (unpaired) electrons. The molecule has 2 amide bonds. The maximum Gasteiger partial charge on any atom is 0.243 e. The molecule has 6 heteroatoms. The molecule has 1 heterocycles. The van der Waals surface area contributed by atoms with Crippen LogP contribution in [-0.2, 0) is 22.6 Å². The molecule has 0 aliphatic rings. The van der Waals surface area contributed by atoms with Gasteiger partial charge in [-0.1, -0.05) is 74.5 Å². The highest BCUT2D eigenvalue weighted by Gasteiger charge is 2.24. The average Bonchev–Trinajstić information content (AvgIpc) is 3.20. The molecule has 0 aliphatic carbocycles. The second-order valence-electron chi connectivity index (χ2n) is 7.18. The number of amides is 2. The van der Waals surface area contributed by atoms with Crippen molar-refractivity contribution < 1.29 is 9.59 Å². The van der Waals surface area contributed by atoms with Crippen molar-refractivity contribution in [1.29, 1.82) is 0 Å². The summed E-state index contributed by atoms with van der Waals surface area (Å²) in [6.07, 6.45) is 0.254. The summed E-state index contributed by atoms with van der Waals surface area (Å²) in [5.41, 5.74) is 2.78. The first kappa shape index (κ1) is 20.7. The van der Waals surface area contributed by atoms with E-state index < -0.39 is 6.04 Å². The molecule has 0 aliphatic heterocycles. The number of thiazole rings is 1. The van der Waals surface area contributed by atoms with Crippen LogP contribution < -0.4 is 10.6 Å². The van der Waals surface area contributed by atoms with Crippen molar-refractivity contribution in [3.05, 3.63) is 77.3 Å². The summed E-state index contributed by atoms with van der Waals surface area (Å²) in [6.45, 7) is 4.17. The van der Waals surface area contributed by atoms with E-state index in [2.05, 4.69) is 15.6 Å². The zero-order chi connectivity index (χ0) is 20.6. The summed E-state index contributed by atoms with van der Waals surface area (Å²) in [4.78, 5) is 29.6. The van der Waals surface area contributed by atoms with Crippen LogP contribution in [0.4, 0.5) is 0 Å². The molecule has 29 heavy (non-hydrogen) atoms. The summed E-state index contributed by atoms with van der Waals surface area (Å²) in [6, 6.07) is 18.9. The van der Waals surface area contributed by atoms with Crippen molar-refractivity contribution in [3.63, 3.8) is 0 Å². The fourth-order valence-electron chi connectivity index (χ4n) is 2.93. The first-order valence-electron chi connectivity index (χ1n) is 9.63. The Morgan fingerprint density at radius 1 is 1.00 bits per heavy atom. The Kier molecular flexibility index (Phi) is 7.14. The highest BCUT2D eigenvalue weighted by atomic mass is 32.1. The first-order valence-corrected chi connectivity index (χ1v) is 10.5. The predicted octanol–water partition coefficient (Wildman–Crippen LogP) is 3.81. The summed E-state index contributed by atoms with van der Waals surface area (Å²) in [7, 11) is 0. The summed E-state index contributed by atoms with van der Waals surface area (Å²) < 4.78 is 0. The fraction of sp³-hybridized carbons (Fsp3) is 0.261. The Bertz CT molecular complexity index is 939. The van der Waals surface area contributed by atoms with Gasteiger partial charge in [0.1, 0.15) is 11.0 Å². The smallest absolute Gasteiger partial charge is 0.243 e. The molecule has 150 valence electrons. The van der Waals surface area contributed by atoms with Gasteiger partial charge in [0, 0.05) is 10.9 Å². The highest BCUT2D eigenvalue weighted by Crippen LogP contribution is 2.23. The monoisotopic (exact) mass is 407 g/mol. The Balaban J connectivity index is 1.56. The molecule has 1 atom stereocenters. The molecule has 0 fully saturated rings. The van der Waals surface area contributed by atoms with Crippen LogP contribution in [0.2, 0.25) is 0 Å². The van der Waals surface area contributed by atoms with E-state index in [9.17, 15) is 9.59 Å². The van der Waals surface area contributed by atoms with Gasteiger partial charge in [-0.25, -0.2) is 4.98 Å². The standard InChI is InChI=1S/C23H25N3O2S/c1-16(2)21(26-20(27)13-17-9-5-3-6-10-17)22(28)24-14-19-15-29-23(25-19)18-11-7-4-8-12-18/h3-12,15-16,21H,13-14H2,1-2H3,(H,24,28)(H,26,27)/t21-/m0/s1. The minimum Gasteiger partial charge on any atom is -0.349 e. The van der Waals surface area contributed by atoms with Crippen molar-refractivity contribution in [3.8, 4) is 10.6 Å². The van der Waals surface area contributed by atoms with E-state index in [-0.39, 0.29) is 24.2 Å². The van der Waals surface area contributed by atoms with E-state index in [0.717, 1.165) is 21.8 Å². The van der Waals surface area contributed by atoms with Gasteiger partial charge >= 0.3 is 0 Å². The van der Waals surface area contributed by atoms with Gasteiger partial charge in [0.05, 0.1) is 18.7 Å². The largest absolute Gasteiger partial charge is 0.349 e. The van der Waals surface area contributed by atoms with Crippen molar-refractivity contribution in [2.75, 3.05) is 0 Å². The average molecular weight is 408 g/mol. The highest BCUT2D eigenvalue weighted by molar-refractivity contribution is 7.13. The minimum atomic E-state index is -0.585. The molecular formula is C23H25N3O2S. The summed E-state index contributed by atoms with van der Waals surface area (Å²) in [5.74, 6) is -0.384. The summed E-state index contributed by atoms with van der Waals surface area (Å²) >= 11 is 1.55. The van der Waals surface area contributed by atoms with E-state index in [1.54, 1.807) is 11.3 Å². The van der Waals surface area contributed by atoms with Gasteiger partial charge in [-0.15, -0.1) is 11.3 Å². The van der Waals surface area contributed by atoms with Crippen molar-refractivity contribution >= 4 is 23.2 Å². The number of rotatable bonds is 8. The number of carbonyl (C=O) groups is 2. The molecule has 3 rings (SSSR count). The van der Waals surface area contributed by atoms with Crippen LogP contribution in [0.1, 0.15) is 25.1 Å². The molecule has 1 aromatic heterocycles. The normalized spacial score (nSPS) is 11.8. The Labute approximate surface area is 175 Å². The number of aromatic nitrogens is 1. The molecule has 0 saturated heterocycles. The zero-order valence-corrected chi connectivity index (χ0v) is 17.4. The van der Waals surface area contributed by atoms with E-state index in [0.29, 0.717) is 6.54 Å². The number of carbonyl (C=O) groups excluding carboxylic acids is 2. The van der Waals surface area contributed by atoms with Crippen molar-refractivity contribution in [1.82, 2.24) is 15.6 Å². The molecule has 0 unspecified atom stereocenters. The van der Waals surface area contributed by atoms with Crippen molar-refractivity contribution in [2.24, 2.45) is 5.92 Å². The quantitative estimate of drug-likeness (QED) is 0.596. The number of nitrogens with zero attached hydrogens (tertiary/aromatic N) is 1. The van der Waals surface area contributed by atoms with E-state index >= 15 is 0 Å². The molecule has 2 N–H and O–H groups in total. The first-order chi connectivity index (χ1) is 14.0. The lowest BCUT2D eigenvalue weighted by Gasteiger charge is -2.21. The van der Waals surface area contributed by atoms with Gasteiger partial charge in [-0.2, -0.15) is 0 Å². The number of benzene rings is 2. The Hall–Kier alpha value is -2.99. The van der Waals surface area contributed by atoms with E-state index in [1.807, 2.05) is 79.9 Å². The van der Waals surface area contributed by atoms with Crippen LogP contribution in [0.3, 0.4) is 0 Å². The van der Waals surface area contributed by atoms with Crippen LogP contribution in [0.15, 0.2) is 66.0 Å². The van der Waals surface area contributed by atoms with Gasteiger partial charge in [-0.05, 0) is 11.5 Å². The third kappa shape index (κ3) is 5.99. The Morgan fingerprint density at radius 2 is 1.66 bits per heavy atom. The molecule has 0 bridgehead atoms. The van der Waals surface area contributed by atoms with Gasteiger partial charge in [0.2, 0.25) is 11.8 Å². The van der Waals surface area contributed by atoms with Gasteiger partial charge in [0.15, 0.2) is 0 Å². The predicted molar refractivity (Wildman–Crippen MR) is 116 cm³/mol. The molecule has 2 aromatic carbocycles. The summed E-state index contributed by atoms with van der Waals surface area (Å²) in [5, 5.41) is 8.64. The second kappa shape index (κ2) is 9.98. The third-order valence-corrected chi connectivity index (χ3v) is 5.43. The molecular weight excluding hydrogens is 382 g/mol. The molecule has 3 aromatic rings. The van der Waals surface area contributed by atoms with E-state index in [4.69, 9.17) is 0 Å². The lowest BCUT2D eigenvalue weighted by atomic mass is 10.0. The van der Waals surface area contributed by atoms with Crippen molar-refractivity contribution in [2.45, 2.75) is 32.9 Å². The fourth-order valence-corrected chi connectivity index (χ4v) is 3.76. The second-order valence-corrected chi connectivity index (χ2v) is 8.04. The Morgan fingerprint density at radius 3 is 2.31 bits per heavy atom. The molecule has 0 spiro atoms. The van der Waals surface area contributed by atoms with Gasteiger partial charge < -0.3 is 10.6 Å². The SMILES string of the molecule is CC(C)[C@H](NC(=O)Cc1ccccc1)C(=O)NCc1csc(-c2ccccc2)n1. The van der Waals surface area contributed by atoms with Crippen LogP contribution in [0.5, 0.6) is 0 Å². The van der Waals surface area contributed by atoms with Crippen LogP contribution in [-0.4, -0.2) is 22.8 Å². The van der Waals surface area contributed by atoms with Crippen LogP contribution in [0, 0.1) is 5.92 Å².